The van der Waals surface area contributed by atoms with E-state index in [4.69, 9.17) is 0 Å². The van der Waals surface area contributed by atoms with Crippen LogP contribution in [0.4, 0.5) is 8.78 Å². The van der Waals surface area contributed by atoms with Crippen LogP contribution in [0.1, 0.15) is 24.8 Å². The van der Waals surface area contributed by atoms with Gasteiger partial charge in [0.05, 0.1) is 0 Å². The van der Waals surface area contributed by atoms with Gasteiger partial charge in [0.1, 0.15) is 17.4 Å². The van der Waals surface area contributed by atoms with E-state index < -0.39 is 11.6 Å². The first-order valence-electron chi connectivity index (χ1n) is 6.10. The van der Waals surface area contributed by atoms with E-state index in [9.17, 15) is 13.6 Å². The predicted molar refractivity (Wildman–Crippen MR) is 59.4 cm³/mol. The number of benzene rings is 1. The molecular weight excluding hydrogens is 222 g/mol. The molecule has 0 aromatic heterocycles. The van der Waals surface area contributed by atoms with Crippen LogP contribution in [0.5, 0.6) is 0 Å². The van der Waals surface area contributed by atoms with Gasteiger partial charge in [-0.1, -0.05) is 6.07 Å². The molecule has 0 radical (unpaired) electrons. The van der Waals surface area contributed by atoms with E-state index >= 15 is 0 Å². The van der Waals surface area contributed by atoms with Gasteiger partial charge in [-0.25, -0.2) is 8.78 Å². The molecular formula is C14H14F2O. The summed E-state index contributed by atoms with van der Waals surface area (Å²) in [5.74, 6) is 0.255. The normalized spacial score (nSPS) is 30.1. The van der Waals surface area contributed by atoms with Crippen LogP contribution in [-0.4, -0.2) is 5.78 Å². The molecule has 0 spiro atoms. The second-order valence-corrected chi connectivity index (χ2v) is 5.27. The Morgan fingerprint density at radius 3 is 2.29 bits per heavy atom. The zero-order chi connectivity index (χ0) is 12.0. The van der Waals surface area contributed by atoms with Crippen molar-refractivity contribution < 1.29 is 13.6 Å². The Kier molecular flexibility index (Phi) is 2.49. The molecule has 2 aliphatic carbocycles. The van der Waals surface area contributed by atoms with E-state index in [1.54, 1.807) is 0 Å². The summed E-state index contributed by atoms with van der Waals surface area (Å²) in [5.41, 5.74) is -0.0712. The van der Waals surface area contributed by atoms with Gasteiger partial charge < -0.3 is 0 Å². The predicted octanol–water partition coefficient (Wildman–Crippen LogP) is 3.12. The van der Waals surface area contributed by atoms with Gasteiger partial charge in [-0.2, -0.15) is 0 Å². The van der Waals surface area contributed by atoms with E-state index in [1.165, 1.54) is 24.6 Å². The van der Waals surface area contributed by atoms with Crippen molar-refractivity contribution in [2.75, 3.05) is 0 Å². The third-order valence-electron chi connectivity index (χ3n) is 4.11. The Hall–Kier alpha value is -1.25. The number of ketones is 1. The molecule has 90 valence electrons. The van der Waals surface area contributed by atoms with E-state index in [0.29, 0.717) is 0 Å². The van der Waals surface area contributed by atoms with Gasteiger partial charge in [0.2, 0.25) is 0 Å². The third-order valence-corrected chi connectivity index (χ3v) is 4.11. The molecule has 0 heterocycles. The quantitative estimate of drug-likeness (QED) is 0.788. The van der Waals surface area contributed by atoms with Crippen LogP contribution >= 0.6 is 0 Å². The molecule has 1 aromatic carbocycles. The maximum Gasteiger partial charge on any atom is 0.140 e. The second kappa shape index (κ2) is 3.90. The zero-order valence-electron chi connectivity index (χ0n) is 9.46. The molecule has 3 rings (SSSR count). The summed E-state index contributed by atoms with van der Waals surface area (Å²) in [6.45, 7) is 0. The SMILES string of the molecule is O=C(Cc1c(F)cccc1F)C1CC2CC2C1. The highest BCUT2D eigenvalue weighted by atomic mass is 19.1. The molecule has 0 amide bonds. The molecule has 2 atom stereocenters. The van der Waals surface area contributed by atoms with Crippen LogP contribution in [0.15, 0.2) is 18.2 Å². The lowest BCUT2D eigenvalue weighted by molar-refractivity contribution is -0.122. The molecule has 0 aliphatic heterocycles. The minimum Gasteiger partial charge on any atom is -0.299 e. The number of carbonyl (C=O) groups is 1. The summed E-state index contributed by atoms with van der Waals surface area (Å²) in [7, 11) is 0. The largest absolute Gasteiger partial charge is 0.299 e. The van der Waals surface area contributed by atoms with Crippen LogP contribution in [0, 0.1) is 29.4 Å². The van der Waals surface area contributed by atoms with E-state index in [2.05, 4.69) is 0 Å². The van der Waals surface area contributed by atoms with Crippen LogP contribution in [0.3, 0.4) is 0 Å². The van der Waals surface area contributed by atoms with Crippen LogP contribution < -0.4 is 0 Å². The summed E-state index contributed by atoms with van der Waals surface area (Å²) >= 11 is 0. The maximum atomic E-state index is 13.4. The van der Waals surface area contributed by atoms with Crippen molar-refractivity contribution in [3.05, 3.63) is 35.4 Å². The Morgan fingerprint density at radius 1 is 1.12 bits per heavy atom. The summed E-state index contributed by atoms with van der Waals surface area (Å²) in [6, 6.07) is 3.74. The fourth-order valence-corrected chi connectivity index (χ4v) is 3.00. The molecule has 2 unspecified atom stereocenters. The van der Waals surface area contributed by atoms with Gasteiger partial charge in [-0.05, 0) is 43.2 Å². The minimum atomic E-state index is -0.610. The third kappa shape index (κ3) is 1.99. The number of halogens is 2. The Morgan fingerprint density at radius 2 is 1.71 bits per heavy atom. The number of fused-ring (bicyclic) bond motifs is 1. The van der Waals surface area contributed by atoms with Crippen molar-refractivity contribution >= 4 is 5.78 Å². The Bertz CT molecular complexity index is 439. The van der Waals surface area contributed by atoms with E-state index in [0.717, 1.165) is 24.7 Å². The lowest BCUT2D eigenvalue weighted by Crippen LogP contribution is -2.16. The molecule has 1 aromatic rings. The van der Waals surface area contributed by atoms with Crippen LogP contribution in [0.2, 0.25) is 0 Å². The summed E-state index contributed by atoms with van der Waals surface area (Å²) < 4.78 is 26.8. The first-order valence-corrected chi connectivity index (χ1v) is 6.10. The van der Waals surface area contributed by atoms with Crippen LogP contribution in [0.25, 0.3) is 0 Å². The number of hydrogen-bond donors (Lipinski definition) is 0. The molecule has 0 bridgehead atoms. The van der Waals surface area contributed by atoms with Gasteiger partial charge in [0.15, 0.2) is 0 Å². The maximum absolute atomic E-state index is 13.4. The monoisotopic (exact) mass is 236 g/mol. The minimum absolute atomic E-state index is 0.00111. The molecule has 2 aliphatic rings. The average molecular weight is 236 g/mol. The van der Waals surface area contributed by atoms with E-state index in [-0.39, 0.29) is 23.7 Å². The fourth-order valence-electron chi connectivity index (χ4n) is 3.00. The molecule has 0 N–H and O–H groups in total. The van der Waals surface area contributed by atoms with E-state index in [1.807, 2.05) is 0 Å². The van der Waals surface area contributed by atoms with Crippen molar-refractivity contribution in [2.45, 2.75) is 25.7 Å². The number of Topliss-reactive ketones (excluding diaryl/α,β-unsaturated/α-hetero) is 1. The number of hydrogen-bond acceptors (Lipinski definition) is 1. The topological polar surface area (TPSA) is 17.1 Å². The molecule has 2 saturated carbocycles. The van der Waals surface area contributed by atoms with Crippen LogP contribution in [-0.2, 0) is 11.2 Å². The average Bonchev–Trinajstić information content (AvgIpc) is 2.91. The smallest absolute Gasteiger partial charge is 0.140 e. The Labute approximate surface area is 98.8 Å². The highest BCUT2D eigenvalue weighted by molar-refractivity contribution is 5.83. The number of carbonyl (C=O) groups excluding carboxylic acids is 1. The highest BCUT2D eigenvalue weighted by Crippen LogP contribution is 2.54. The van der Waals surface area contributed by atoms with Gasteiger partial charge in [-0.3, -0.25) is 4.79 Å². The molecule has 1 nitrogen and oxygen atoms in total. The second-order valence-electron chi connectivity index (χ2n) is 5.27. The lowest BCUT2D eigenvalue weighted by Gasteiger charge is -2.11. The van der Waals surface area contributed by atoms with Gasteiger partial charge >= 0.3 is 0 Å². The summed E-state index contributed by atoms with van der Waals surface area (Å²) in [5, 5.41) is 0. The highest BCUT2D eigenvalue weighted by Gasteiger charge is 2.47. The fraction of sp³-hybridized carbons (Fsp3) is 0.500. The van der Waals surface area contributed by atoms with Crippen molar-refractivity contribution in [1.82, 2.24) is 0 Å². The number of rotatable bonds is 3. The van der Waals surface area contributed by atoms with Crippen molar-refractivity contribution in [1.29, 1.82) is 0 Å². The zero-order valence-corrected chi connectivity index (χ0v) is 9.46. The van der Waals surface area contributed by atoms with Gasteiger partial charge in [0, 0.05) is 17.9 Å². The van der Waals surface area contributed by atoms with Crippen molar-refractivity contribution in [2.24, 2.45) is 17.8 Å². The van der Waals surface area contributed by atoms with Gasteiger partial charge in [-0.15, -0.1) is 0 Å². The molecule has 17 heavy (non-hydrogen) atoms. The standard InChI is InChI=1S/C14H14F2O/c15-12-2-1-3-13(16)11(12)7-14(17)10-5-8-4-9(8)6-10/h1-3,8-10H,4-7H2. The lowest BCUT2D eigenvalue weighted by atomic mass is 9.93. The van der Waals surface area contributed by atoms with Gasteiger partial charge in [0.25, 0.3) is 0 Å². The Balaban J connectivity index is 1.72. The summed E-state index contributed by atoms with van der Waals surface area (Å²) in [6.07, 6.45) is 3.01. The first-order chi connectivity index (χ1) is 8.15. The molecule has 3 heteroatoms. The molecule has 2 fully saturated rings. The molecule has 0 saturated heterocycles. The summed E-state index contributed by atoms with van der Waals surface area (Å²) in [4.78, 5) is 12.0. The van der Waals surface area contributed by atoms with Crippen molar-refractivity contribution in [3.63, 3.8) is 0 Å². The van der Waals surface area contributed by atoms with Crippen molar-refractivity contribution in [3.8, 4) is 0 Å². The first kappa shape index (κ1) is 10.9.